The van der Waals surface area contributed by atoms with Gasteiger partial charge in [-0.2, -0.15) is 0 Å². The van der Waals surface area contributed by atoms with Gasteiger partial charge < -0.3 is 9.30 Å². The van der Waals surface area contributed by atoms with E-state index in [1.165, 1.54) is 0 Å². The molecule has 16 heavy (non-hydrogen) atoms. The molecule has 0 saturated carbocycles. The second-order valence-electron chi connectivity index (χ2n) is 3.14. The molecule has 2 nitrogen and oxygen atoms in total. The van der Waals surface area contributed by atoms with Gasteiger partial charge in [0, 0.05) is 17.3 Å². The molecule has 5 heteroatoms. The van der Waals surface area contributed by atoms with Crippen molar-refractivity contribution in [3.8, 4) is 11.4 Å². The predicted octanol–water partition coefficient (Wildman–Crippen LogP) is 4.56. The molecule has 0 fully saturated rings. The van der Waals surface area contributed by atoms with Gasteiger partial charge in [0.2, 0.25) is 0 Å². The van der Waals surface area contributed by atoms with Crippen molar-refractivity contribution in [1.82, 2.24) is 4.57 Å². The molecule has 0 aliphatic rings. The van der Waals surface area contributed by atoms with Crippen molar-refractivity contribution >= 4 is 39.1 Å². The number of halogens is 3. The van der Waals surface area contributed by atoms with E-state index in [0.29, 0.717) is 15.8 Å². The summed E-state index contributed by atoms with van der Waals surface area (Å²) in [6, 6.07) is 7.25. The summed E-state index contributed by atoms with van der Waals surface area (Å²) in [5.74, 6) is 0.634. The highest BCUT2D eigenvalue weighted by molar-refractivity contribution is 9.10. The second kappa shape index (κ2) is 4.70. The van der Waals surface area contributed by atoms with Crippen LogP contribution in [0.2, 0.25) is 10.0 Å². The summed E-state index contributed by atoms with van der Waals surface area (Å²) < 4.78 is 8.06. The maximum absolute atomic E-state index is 6.17. The van der Waals surface area contributed by atoms with Crippen molar-refractivity contribution in [2.75, 3.05) is 7.11 Å². The van der Waals surface area contributed by atoms with Crippen molar-refractivity contribution in [1.29, 1.82) is 0 Å². The topological polar surface area (TPSA) is 14.2 Å². The van der Waals surface area contributed by atoms with Crippen LogP contribution in [0.25, 0.3) is 5.69 Å². The average Bonchev–Trinajstić information content (AvgIpc) is 2.63. The number of hydrogen-bond donors (Lipinski definition) is 0. The summed E-state index contributed by atoms with van der Waals surface area (Å²) in [5, 5.41) is 1.09. The van der Waals surface area contributed by atoms with Gasteiger partial charge in [-0.3, -0.25) is 0 Å². The average molecular weight is 321 g/mol. The zero-order valence-corrected chi connectivity index (χ0v) is 11.5. The Morgan fingerprint density at radius 3 is 2.62 bits per heavy atom. The van der Waals surface area contributed by atoms with E-state index >= 15 is 0 Å². The number of rotatable bonds is 2. The van der Waals surface area contributed by atoms with E-state index in [2.05, 4.69) is 15.9 Å². The fraction of sp³-hybridized carbons (Fsp3) is 0.0909. The van der Waals surface area contributed by atoms with Crippen molar-refractivity contribution in [3.05, 3.63) is 45.1 Å². The molecule has 0 atom stereocenters. The second-order valence-corrected chi connectivity index (χ2v) is 4.80. The number of hydrogen-bond acceptors (Lipinski definition) is 1. The lowest BCUT2D eigenvalue weighted by Gasteiger charge is -2.13. The molecule has 0 amide bonds. The van der Waals surface area contributed by atoms with E-state index in [1.807, 2.05) is 22.9 Å². The summed E-state index contributed by atoms with van der Waals surface area (Å²) in [6.45, 7) is 0. The minimum Gasteiger partial charge on any atom is -0.494 e. The normalized spacial score (nSPS) is 10.5. The van der Waals surface area contributed by atoms with Crippen molar-refractivity contribution in [3.63, 3.8) is 0 Å². The molecule has 2 rings (SSSR count). The molecule has 0 N–H and O–H groups in total. The number of methoxy groups -OCH3 is 1. The summed E-state index contributed by atoms with van der Waals surface area (Å²) in [7, 11) is 1.59. The first kappa shape index (κ1) is 11.8. The standard InChI is InChI=1S/C11H8BrCl2NO/c1-16-9-6-7(13)5-8(14)11(9)15-4-2-3-10(15)12/h2-6H,1H3. The van der Waals surface area contributed by atoms with Gasteiger partial charge >= 0.3 is 0 Å². The predicted molar refractivity (Wildman–Crippen MR) is 70.0 cm³/mol. The van der Waals surface area contributed by atoms with Crippen LogP contribution in [0.4, 0.5) is 0 Å². The van der Waals surface area contributed by atoms with Crippen molar-refractivity contribution in [2.24, 2.45) is 0 Å². The molecule has 84 valence electrons. The third-order valence-electron chi connectivity index (χ3n) is 2.15. The van der Waals surface area contributed by atoms with Gasteiger partial charge in [0.25, 0.3) is 0 Å². The molecule has 0 aliphatic heterocycles. The monoisotopic (exact) mass is 319 g/mol. The maximum atomic E-state index is 6.17. The smallest absolute Gasteiger partial charge is 0.145 e. The zero-order chi connectivity index (χ0) is 11.7. The lowest BCUT2D eigenvalue weighted by Crippen LogP contribution is -1.98. The number of nitrogens with zero attached hydrogens (tertiary/aromatic N) is 1. The Hall–Kier alpha value is -0.640. The van der Waals surface area contributed by atoms with Gasteiger partial charge in [-0.05, 0) is 34.1 Å². The fourth-order valence-electron chi connectivity index (χ4n) is 1.47. The van der Waals surface area contributed by atoms with Crippen LogP contribution in [0.1, 0.15) is 0 Å². The van der Waals surface area contributed by atoms with E-state index < -0.39 is 0 Å². The molecule has 0 spiro atoms. The molecular weight excluding hydrogens is 313 g/mol. The lowest BCUT2D eigenvalue weighted by molar-refractivity contribution is 0.413. The summed E-state index contributed by atoms with van der Waals surface area (Å²) in [4.78, 5) is 0. The third-order valence-corrected chi connectivity index (χ3v) is 3.31. The lowest BCUT2D eigenvalue weighted by atomic mass is 10.3. The zero-order valence-electron chi connectivity index (χ0n) is 8.38. The molecule has 0 saturated heterocycles. The third kappa shape index (κ3) is 2.08. The molecule has 0 radical (unpaired) electrons. The van der Waals surface area contributed by atoms with Crippen LogP contribution in [0.15, 0.2) is 35.1 Å². The Kier molecular flexibility index (Phi) is 3.47. The number of aromatic nitrogens is 1. The van der Waals surface area contributed by atoms with E-state index in [0.717, 1.165) is 10.3 Å². The molecule has 1 heterocycles. The van der Waals surface area contributed by atoms with Gasteiger partial charge in [0.05, 0.1) is 16.7 Å². The molecule has 1 aromatic carbocycles. The minimum absolute atomic E-state index is 0.543. The largest absolute Gasteiger partial charge is 0.494 e. The van der Waals surface area contributed by atoms with E-state index in [9.17, 15) is 0 Å². The van der Waals surface area contributed by atoms with Crippen LogP contribution in [0, 0.1) is 0 Å². The number of ether oxygens (including phenoxy) is 1. The minimum atomic E-state index is 0.543. The summed E-state index contributed by atoms with van der Waals surface area (Å²) in [6.07, 6.45) is 1.89. The first-order chi connectivity index (χ1) is 7.63. The van der Waals surface area contributed by atoms with Crippen LogP contribution in [0.3, 0.4) is 0 Å². The van der Waals surface area contributed by atoms with Crippen molar-refractivity contribution < 1.29 is 4.74 Å². The van der Waals surface area contributed by atoms with Gasteiger partial charge in [-0.15, -0.1) is 0 Å². The van der Waals surface area contributed by atoms with E-state index in [4.69, 9.17) is 27.9 Å². The first-order valence-electron chi connectivity index (χ1n) is 4.49. The van der Waals surface area contributed by atoms with Gasteiger partial charge in [0.1, 0.15) is 11.4 Å². The molecule has 0 unspecified atom stereocenters. The van der Waals surface area contributed by atoms with Crippen LogP contribution < -0.4 is 4.74 Å². The highest BCUT2D eigenvalue weighted by atomic mass is 79.9. The highest BCUT2D eigenvalue weighted by Gasteiger charge is 2.13. The van der Waals surface area contributed by atoms with Crippen molar-refractivity contribution in [2.45, 2.75) is 0 Å². The quantitative estimate of drug-likeness (QED) is 0.791. The molecule has 0 aliphatic carbocycles. The van der Waals surface area contributed by atoms with Gasteiger partial charge in [0.15, 0.2) is 0 Å². The van der Waals surface area contributed by atoms with Gasteiger partial charge in [-0.25, -0.2) is 0 Å². The Bertz CT molecular complexity index is 525. The van der Waals surface area contributed by atoms with Crippen LogP contribution >= 0.6 is 39.1 Å². The number of benzene rings is 1. The molecule has 2 aromatic rings. The Labute approximate surface area is 112 Å². The van der Waals surface area contributed by atoms with Crippen LogP contribution in [0.5, 0.6) is 5.75 Å². The Morgan fingerprint density at radius 2 is 2.06 bits per heavy atom. The first-order valence-corrected chi connectivity index (χ1v) is 6.04. The molecule has 1 aromatic heterocycles. The highest BCUT2D eigenvalue weighted by Crippen LogP contribution is 2.35. The van der Waals surface area contributed by atoms with Crippen LogP contribution in [-0.4, -0.2) is 11.7 Å². The molecular formula is C11H8BrCl2NO. The maximum Gasteiger partial charge on any atom is 0.145 e. The van der Waals surface area contributed by atoms with Gasteiger partial charge in [-0.1, -0.05) is 23.2 Å². The van der Waals surface area contributed by atoms with Crippen LogP contribution in [-0.2, 0) is 0 Å². The summed E-state index contributed by atoms with van der Waals surface area (Å²) >= 11 is 15.5. The van der Waals surface area contributed by atoms with E-state index in [-0.39, 0.29) is 0 Å². The fourth-order valence-corrected chi connectivity index (χ4v) is 2.49. The Morgan fingerprint density at radius 1 is 1.31 bits per heavy atom. The SMILES string of the molecule is COc1cc(Cl)cc(Cl)c1-n1cccc1Br. The molecule has 0 bridgehead atoms. The summed E-state index contributed by atoms with van der Waals surface area (Å²) in [5.41, 5.74) is 0.769. The van der Waals surface area contributed by atoms with E-state index in [1.54, 1.807) is 19.2 Å². The Balaban J connectivity index is 2.69.